The number of anilines is 1. The number of benzene rings is 1. The molecule has 2 rings (SSSR count). The predicted molar refractivity (Wildman–Crippen MR) is 97.0 cm³/mol. The maximum Gasteiger partial charge on any atom is 0.170 e. The normalized spacial score (nSPS) is 15.6. The van der Waals surface area contributed by atoms with E-state index < -0.39 is 0 Å². The lowest BCUT2D eigenvalue weighted by atomic mass is 10.1. The summed E-state index contributed by atoms with van der Waals surface area (Å²) in [4.78, 5) is 2.42. The van der Waals surface area contributed by atoms with Crippen LogP contribution in [0.15, 0.2) is 12.1 Å². The Bertz CT molecular complexity index is 495. The highest BCUT2D eigenvalue weighted by atomic mass is 35.5. The first-order chi connectivity index (χ1) is 10.6. The molecular weight excluding hydrogens is 318 g/mol. The van der Waals surface area contributed by atoms with Gasteiger partial charge in [-0.15, -0.1) is 0 Å². The van der Waals surface area contributed by atoms with E-state index in [1.54, 1.807) is 0 Å². The van der Waals surface area contributed by atoms with Crippen LogP contribution in [0.2, 0.25) is 5.02 Å². The van der Waals surface area contributed by atoms with Crippen molar-refractivity contribution in [3.63, 3.8) is 0 Å². The van der Waals surface area contributed by atoms with Gasteiger partial charge in [-0.3, -0.25) is 4.90 Å². The molecule has 1 saturated heterocycles. The second kappa shape index (κ2) is 8.67. The van der Waals surface area contributed by atoms with Crippen molar-refractivity contribution in [3.05, 3.63) is 28.3 Å². The van der Waals surface area contributed by atoms with Crippen molar-refractivity contribution in [2.45, 2.75) is 20.3 Å². The summed E-state index contributed by atoms with van der Waals surface area (Å²) in [6.07, 6.45) is 1.06. The van der Waals surface area contributed by atoms with Gasteiger partial charge in [0.15, 0.2) is 5.11 Å². The third kappa shape index (κ3) is 5.39. The van der Waals surface area contributed by atoms with Crippen LogP contribution in [0.3, 0.4) is 0 Å². The van der Waals surface area contributed by atoms with E-state index in [1.165, 1.54) is 0 Å². The summed E-state index contributed by atoms with van der Waals surface area (Å²) in [5, 5.41) is 7.77. The first-order valence-electron chi connectivity index (χ1n) is 7.68. The second-order valence-electron chi connectivity index (χ2n) is 5.63. The lowest BCUT2D eigenvalue weighted by molar-refractivity contribution is 0.0376. The molecule has 1 aromatic carbocycles. The van der Waals surface area contributed by atoms with Crippen molar-refractivity contribution in [2.24, 2.45) is 0 Å². The third-order valence-electron chi connectivity index (χ3n) is 3.71. The van der Waals surface area contributed by atoms with Crippen molar-refractivity contribution >= 4 is 34.6 Å². The highest BCUT2D eigenvalue weighted by molar-refractivity contribution is 7.80. The second-order valence-corrected chi connectivity index (χ2v) is 6.44. The SMILES string of the molecule is Cc1cc(C)c(NC(=S)NCCCN2CCOCC2)c(Cl)c1. The average Bonchev–Trinajstić information content (AvgIpc) is 2.48. The minimum absolute atomic E-state index is 0.621. The van der Waals surface area contributed by atoms with E-state index in [1.807, 2.05) is 19.9 Å². The van der Waals surface area contributed by atoms with Gasteiger partial charge in [0.1, 0.15) is 0 Å². The summed E-state index contributed by atoms with van der Waals surface area (Å²) in [6.45, 7) is 9.74. The van der Waals surface area contributed by atoms with Gasteiger partial charge >= 0.3 is 0 Å². The Hall–Kier alpha value is -0.880. The zero-order valence-electron chi connectivity index (χ0n) is 13.2. The summed E-state index contributed by atoms with van der Waals surface area (Å²) in [7, 11) is 0. The van der Waals surface area contributed by atoms with Gasteiger partial charge in [0.25, 0.3) is 0 Å². The minimum atomic E-state index is 0.621. The van der Waals surface area contributed by atoms with Crippen LogP contribution in [-0.2, 0) is 4.74 Å². The molecule has 0 aromatic heterocycles. The molecule has 4 nitrogen and oxygen atoms in total. The molecule has 1 aliphatic rings. The largest absolute Gasteiger partial charge is 0.379 e. The van der Waals surface area contributed by atoms with Gasteiger partial charge in [0.05, 0.1) is 23.9 Å². The first kappa shape index (κ1) is 17.5. The number of hydrogen-bond donors (Lipinski definition) is 2. The summed E-state index contributed by atoms with van der Waals surface area (Å²) in [5.74, 6) is 0. The Morgan fingerprint density at radius 3 is 2.73 bits per heavy atom. The van der Waals surface area contributed by atoms with Gasteiger partial charge in [0.2, 0.25) is 0 Å². The number of thiocarbonyl (C=S) groups is 1. The third-order valence-corrected chi connectivity index (χ3v) is 4.26. The summed E-state index contributed by atoms with van der Waals surface area (Å²) in [5.41, 5.74) is 3.14. The van der Waals surface area contributed by atoms with Crippen LogP contribution >= 0.6 is 23.8 Å². The van der Waals surface area contributed by atoms with Gasteiger partial charge in [-0.25, -0.2) is 0 Å². The molecule has 0 radical (unpaired) electrons. The maximum absolute atomic E-state index is 6.27. The van der Waals surface area contributed by atoms with Gasteiger partial charge in [0, 0.05) is 19.6 Å². The number of nitrogens with one attached hydrogen (secondary N) is 2. The van der Waals surface area contributed by atoms with E-state index in [4.69, 9.17) is 28.6 Å². The fourth-order valence-electron chi connectivity index (χ4n) is 2.56. The van der Waals surface area contributed by atoms with Crippen LogP contribution in [0.5, 0.6) is 0 Å². The number of halogens is 1. The molecule has 0 amide bonds. The van der Waals surface area contributed by atoms with Crippen molar-refractivity contribution < 1.29 is 4.74 Å². The minimum Gasteiger partial charge on any atom is -0.379 e. The molecule has 1 aromatic rings. The number of hydrogen-bond acceptors (Lipinski definition) is 3. The molecule has 1 fully saturated rings. The topological polar surface area (TPSA) is 36.5 Å². The van der Waals surface area contributed by atoms with E-state index in [-0.39, 0.29) is 0 Å². The van der Waals surface area contributed by atoms with Gasteiger partial charge < -0.3 is 15.4 Å². The van der Waals surface area contributed by atoms with Crippen molar-refractivity contribution in [3.8, 4) is 0 Å². The van der Waals surface area contributed by atoms with E-state index in [0.717, 1.165) is 62.6 Å². The van der Waals surface area contributed by atoms with Crippen molar-refractivity contribution in [2.75, 3.05) is 44.7 Å². The molecule has 6 heteroatoms. The van der Waals surface area contributed by atoms with Crippen molar-refractivity contribution in [1.29, 1.82) is 0 Å². The van der Waals surface area contributed by atoms with Crippen LogP contribution in [0.1, 0.15) is 17.5 Å². The average molecular weight is 342 g/mol. The summed E-state index contributed by atoms with van der Waals surface area (Å²) >= 11 is 11.6. The van der Waals surface area contributed by atoms with Gasteiger partial charge in [-0.1, -0.05) is 17.7 Å². The number of ether oxygens (including phenoxy) is 1. The quantitative estimate of drug-likeness (QED) is 0.636. The number of aryl methyl sites for hydroxylation is 2. The van der Waals surface area contributed by atoms with E-state index >= 15 is 0 Å². The van der Waals surface area contributed by atoms with Gasteiger partial charge in [-0.05, 0) is 56.2 Å². The van der Waals surface area contributed by atoms with Crippen LogP contribution in [-0.4, -0.2) is 49.4 Å². The lowest BCUT2D eigenvalue weighted by Gasteiger charge is -2.26. The number of nitrogens with zero attached hydrogens (tertiary/aromatic N) is 1. The monoisotopic (exact) mass is 341 g/mol. The van der Waals surface area contributed by atoms with Crippen LogP contribution in [0.25, 0.3) is 0 Å². The molecule has 122 valence electrons. The highest BCUT2D eigenvalue weighted by Crippen LogP contribution is 2.27. The van der Waals surface area contributed by atoms with Gasteiger partial charge in [-0.2, -0.15) is 0 Å². The Balaban J connectivity index is 1.71. The molecule has 0 spiro atoms. The van der Waals surface area contributed by atoms with Crippen molar-refractivity contribution in [1.82, 2.24) is 10.2 Å². The molecule has 1 heterocycles. The molecule has 0 unspecified atom stereocenters. The smallest absolute Gasteiger partial charge is 0.170 e. The van der Waals surface area contributed by atoms with Crippen LogP contribution < -0.4 is 10.6 Å². The molecule has 0 saturated carbocycles. The molecule has 22 heavy (non-hydrogen) atoms. The zero-order chi connectivity index (χ0) is 15.9. The first-order valence-corrected chi connectivity index (χ1v) is 8.46. The molecular formula is C16H24ClN3OS. The Morgan fingerprint density at radius 1 is 1.32 bits per heavy atom. The van der Waals surface area contributed by atoms with E-state index in [9.17, 15) is 0 Å². The highest BCUT2D eigenvalue weighted by Gasteiger charge is 2.10. The number of rotatable bonds is 5. The molecule has 0 atom stereocenters. The predicted octanol–water partition coefficient (Wildman–Crippen LogP) is 2.97. The van der Waals surface area contributed by atoms with E-state index in [0.29, 0.717) is 10.1 Å². The summed E-state index contributed by atoms with van der Waals surface area (Å²) < 4.78 is 5.34. The lowest BCUT2D eigenvalue weighted by Crippen LogP contribution is -2.38. The maximum atomic E-state index is 6.27. The summed E-state index contributed by atoms with van der Waals surface area (Å²) in [6, 6.07) is 4.03. The fraction of sp³-hybridized carbons (Fsp3) is 0.562. The zero-order valence-corrected chi connectivity index (χ0v) is 14.8. The molecule has 2 N–H and O–H groups in total. The Morgan fingerprint density at radius 2 is 2.05 bits per heavy atom. The standard InChI is InChI=1S/C16H24ClN3OS/c1-12-10-13(2)15(14(17)11-12)19-16(22)18-4-3-5-20-6-8-21-9-7-20/h10-11H,3-9H2,1-2H3,(H2,18,19,22). The Kier molecular flexibility index (Phi) is 6.89. The fourth-order valence-corrected chi connectivity index (χ4v) is 3.13. The molecule has 0 bridgehead atoms. The molecule has 1 aliphatic heterocycles. The van der Waals surface area contributed by atoms with E-state index in [2.05, 4.69) is 21.6 Å². The number of morpholine rings is 1. The molecule has 0 aliphatic carbocycles. The van der Waals surface area contributed by atoms with Crippen LogP contribution in [0.4, 0.5) is 5.69 Å². The Labute approximate surface area is 143 Å². The van der Waals surface area contributed by atoms with Crippen LogP contribution in [0, 0.1) is 13.8 Å².